The largest absolute Gasteiger partial charge is 0.441 e. The molecule has 0 spiro atoms. The average Bonchev–Trinajstić information content (AvgIpc) is 3.02. The van der Waals surface area contributed by atoms with E-state index in [0.717, 1.165) is 25.1 Å². The summed E-state index contributed by atoms with van der Waals surface area (Å²) in [6.45, 7) is 3.27. The maximum atomic E-state index is 13.0. The lowest BCUT2D eigenvalue weighted by Gasteiger charge is -2.33. The molecule has 2 heterocycles. The molecule has 1 aromatic heterocycles. The normalized spacial score (nSPS) is 17.6. The number of carbonyl (C=O) groups excluding carboxylic acids is 1. The summed E-state index contributed by atoms with van der Waals surface area (Å²) in [6, 6.07) is 15.9. The lowest BCUT2D eigenvalue weighted by Crippen LogP contribution is -2.45. The molecule has 0 saturated carbocycles. The van der Waals surface area contributed by atoms with Crippen LogP contribution in [0.2, 0.25) is 0 Å². The second-order valence-corrected chi connectivity index (χ2v) is 6.49. The summed E-state index contributed by atoms with van der Waals surface area (Å²) in [5, 5.41) is 3.53. The van der Waals surface area contributed by atoms with Gasteiger partial charge >= 0.3 is 0 Å². The van der Waals surface area contributed by atoms with Gasteiger partial charge in [0.25, 0.3) is 5.91 Å². The van der Waals surface area contributed by atoms with Crippen LogP contribution in [0.5, 0.6) is 0 Å². The Labute approximate surface area is 146 Å². The lowest BCUT2D eigenvalue weighted by atomic mass is 10.0. The smallest absolute Gasteiger partial charge is 0.256 e. The number of fused-ring (bicyclic) bond motifs is 1. The second kappa shape index (κ2) is 6.59. The SMILES string of the molecule is Cc1nc2c(C(=O)N3CCC[C@@H](Nc4ccccc4)C3)cccc2o1. The molecule has 1 saturated heterocycles. The quantitative estimate of drug-likeness (QED) is 0.790. The molecule has 5 nitrogen and oxygen atoms in total. The number of amides is 1. The summed E-state index contributed by atoms with van der Waals surface area (Å²) in [7, 11) is 0. The van der Waals surface area contributed by atoms with Crippen LogP contribution in [-0.4, -0.2) is 34.9 Å². The fraction of sp³-hybridized carbons (Fsp3) is 0.300. The van der Waals surface area contributed by atoms with Gasteiger partial charge in [0.1, 0.15) is 5.52 Å². The first-order valence-corrected chi connectivity index (χ1v) is 8.68. The number of hydrogen-bond donors (Lipinski definition) is 1. The van der Waals surface area contributed by atoms with E-state index in [9.17, 15) is 4.79 Å². The fourth-order valence-corrected chi connectivity index (χ4v) is 3.45. The number of hydrogen-bond acceptors (Lipinski definition) is 4. The van der Waals surface area contributed by atoms with E-state index in [0.29, 0.717) is 29.1 Å². The maximum absolute atomic E-state index is 13.0. The van der Waals surface area contributed by atoms with Crippen molar-refractivity contribution in [3.63, 3.8) is 0 Å². The van der Waals surface area contributed by atoms with Gasteiger partial charge in [0.05, 0.1) is 5.56 Å². The summed E-state index contributed by atoms with van der Waals surface area (Å²) in [5.74, 6) is 0.607. The molecule has 128 valence electrons. The van der Waals surface area contributed by atoms with Crippen LogP contribution >= 0.6 is 0 Å². The van der Waals surface area contributed by atoms with Crippen molar-refractivity contribution < 1.29 is 9.21 Å². The highest BCUT2D eigenvalue weighted by molar-refractivity contribution is 6.04. The highest BCUT2D eigenvalue weighted by atomic mass is 16.3. The Kier molecular flexibility index (Phi) is 4.14. The monoisotopic (exact) mass is 335 g/mol. The number of anilines is 1. The Balaban J connectivity index is 1.53. The predicted molar refractivity (Wildman–Crippen MR) is 97.7 cm³/mol. The third kappa shape index (κ3) is 3.22. The molecule has 1 amide bonds. The highest BCUT2D eigenvalue weighted by Gasteiger charge is 2.26. The van der Waals surface area contributed by atoms with E-state index in [1.54, 1.807) is 6.92 Å². The minimum Gasteiger partial charge on any atom is -0.441 e. The van der Waals surface area contributed by atoms with Gasteiger partial charge in [-0.3, -0.25) is 4.79 Å². The Morgan fingerprint density at radius 1 is 1.20 bits per heavy atom. The van der Waals surface area contributed by atoms with Gasteiger partial charge in [-0.25, -0.2) is 4.98 Å². The molecule has 4 rings (SSSR count). The number of aromatic nitrogens is 1. The Bertz CT molecular complexity index is 888. The number of nitrogens with one attached hydrogen (secondary N) is 1. The molecule has 0 aliphatic carbocycles. The van der Waals surface area contributed by atoms with Gasteiger partial charge in [-0.2, -0.15) is 0 Å². The number of benzene rings is 2. The van der Waals surface area contributed by atoms with Crippen LogP contribution in [0.3, 0.4) is 0 Å². The predicted octanol–water partition coefficient (Wildman–Crippen LogP) is 3.85. The van der Waals surface area contributed by atoms with E-state index in [1.807, 2.05) is 41.3 Å². The average molecular weight is 335 g/mol. The standard InChI is InChI=1S/C20H21N3O2/c1-14-21-19-17(10-5-11-18(19)25-14)20(24)23-12-6-9-16(13-23)22-15-7-3-2-4-8-15/h2-5,7-8,10-11,16,22H,6,9,12-13H2,1H3/t16-/m1/s1. The van der Waals surface area contributed by atoms with E-state index in [-0.39, 0.29) is 11.9 Å². The number of oxazole rings is 1. The summed E-state index contributed by atoms with van der Waals surface area (Å²) in [4.78, 5) is 19.3. The number of para-hydroxylation sites is 2. The summed E-state index contributed by atoms with van der Waals surface area (Å²) in [6.07, 6.45) is 2.05. The summed E-state index contributed by atoms with van der Waals surface area (Å²) >= 11 is 0. The molecule has 0 unspecified atom stereocenters. The van der Waals surface area contributed by atoms with Gasteiger partial charge in [-0.05, 0) is 37.1 Å². The van der Waals surface area contributed by atoms with Crippen molar-refractivity contribution in [1.29, 1.82) is 0 Å². The number of rotatable bonds is 3. The fourth-order valence-electron chi connectivity index (χ4n) is 3.45. The van der Waals surface area contributed by atoms with Gasteiger partial charge in [0, 0.05) is 31.7 Å². The van der Waals surface area contributed by atoms with E-state index in [2.05, 4.69) is 22.4 Å². The molecule has 1 aliphatic heterocycles. The molecular formula is C20H21N3O2. The van der Waals surface area contributed by atoms with Gasteiger partial charge in [-0.15, -0.1) is 0 Å². The molecule has 1 atom stereocenters. The van der Waals surface area contributed by atoms with Crippen molar-refractivity contribution in [2.45, 2.75) is 25.8 Å². The van der Waals surface area contributed by atoms with Crippen molar-refractivity contribution in [2.24, 2.45) is 0 Å². The van der Waals surface area contributed by atoms with Crippen LogP contribution in [0, 0.1) is 6.92 Å². The molecular weight excluding hydrogens is 314 g/mol. The van der Waals surface area contributed by atoms with Crippen LogP contribution in [0.1, 0.15) is 29.1 Å². The van der Waals surface area contributed by atoms with E-state index in [4.69, 9.17) is 4.42 Å². The molecule has 0 bridgehead atoms. The molecule has 1 fully saturated rings. The first-order valence-electron chi connectivity index (χ1n) is 8.68. The number of carbonyl (C=O) groups is 1. The zero-order chi connectivity index (χ0) is 17.2. The van der Waals surface area contributed by atoms with Gasteiger partial charge < -0.3 is 14.6 Å². The van der Waals surface area contributed by atoms with Crippen LogP contribution in [-0.2, 0) is 0 Å². The Morgan fingerprint density at radius 2 is 2.04 bits per heavy atom. The lowest BCUT2D eigenvalue weighted by molar-refractivity contribution is 0.0716. The number of nitrogens with zero attached hydrogens (tertiary/aromatic N) is 2. The molecule has 25 heavy (non-hydrogen) atoms. The zero-order valence-electron chi connectivity index (χ0n) is 14.2. The van der Waals surface area contributed by atoms with Crippen molar-refractivity contribution in [2.75, 3.05) is 18.4 Å². The minimum absolute atomic E-state index is 0.0264. The topological polar surface area (TPSA) is 58.4 Å². The van der Waals surface area contributed by atoms with Crippen LogP contribution in [0.15, 0.2) is 52.9 Å². The molecule has 5 heteroatoms. The van der Waals surface area contributed by atoms with Crippen LogP contribution in [0.4, 0.5) is 5.69 Å². The second-order valence-electron chi connectivity index (χ2n) is 6.49. The van der Waals surface area contributed by atoms with Crippen molar-refractivity contribution in [1.82, 2.24) is 9.88 Å². The van der Waals surface area contributed by atoms with E-state index >= 15 is 0 Å². The molecule has 0 radical (unpaired) electrons. The molecule has 3 aromatic rings. The summed E-state index contributed by atoms with van der Waals surface area (Å²) in [5.41, 5.74) is 3.04. The van der Waals surface area contributed by atoms with Crippen molar-refractivity contribution in [3.8, 4) is 0 Å². The number of aryl methyl sites for hydroxylation is 1. The third-order valence-electron chi connectivity index (χ3n) is 4.61. The van der Waals surface area contributed by atoms with Gasteiger partial charge in [-0.1, -0.05) is 24.3 Å². The molecule has 1 aliphatic rings. The first kappa shape index (κ1) is 15.7. The van der Waals surface area contributed by atoms with E-state index < -0.39 is 0 Å². The van der Waals surface area contributed by atoms with Crippen molar-refractivity contribution in [3.05, 3.63) is 60.0 Å². The van der Waals surface area contributed by atoms with Crippen LogP contribution in [0.25, 0.3) is 11.1 Å². The third-order valence-corrected chi connectivity index (χ3v) is 4.61. The Hall–Kier alpha value is -2.82. The molecule has 2 aromatic carbocycles. The van der Waals surface area contributed by atoms with Crippen LogP contribution < -0.4 is 5.32 Å². The first-order chi connectivity index (χ1) is 12.2. The zero-order valence-corrected chi connectivity index (χ0v) is 14.2. The number of piperidine rings is 1. The van der Waals surface area contributed by atoms with Gasteiger partial charge in [0.2, 0.25) is 0 Å². The molecule has 1 N–H and O–H groups in total. The van der Waals surface area contributed by atoms with Gasteiger partial charge in [0.15, 0.2) is 11.5 Å². The minimum atomic E-state index is 0.0264. The van der Waals surface area contributed by atoms with E-state index in [1.165, 1.54) is 0 Å². The summed E-state index contributed by atoms with van der Waals surface area (Å²) < 4.78 is 5.55. The highest BCUT2D eigenvalue weighted by Crippen LogP contribution is 2.23. The number of likely N-dealkylation sites (tertiary alicyclic amines) is 1. The Morgan fingerprint density at radius 3 is 2.88 bits per heavy atom. The maximum Gasteiger partial charge on any atom is 0.256 e. The van der Waals surface area contributed by atoms with Crippen molar-refractivity contribution >= 4 is 22.7 Å².